The first-order valence-electron chi connectivity index (χ1n) is 5.03. The Morgan fingerprint density at radius 2 is 2.18 bits per heavy atom. The molecular weight excluding hydrogens is 244 g/mol. The average Bonchev–Trinajstić information content (AvgIpc) is 2.26. The number of rotatable bonds is 5. The van der Waals surface area contributed by atoms with Gasteiger partial charge in [0.25, 0.3) is 5.91 Å². The third-order valence-corrected chi connectivity index (χ3v) is 2.21. The second kappa shape index (κ2) is 6.10. The second-order valence-corrected chi connectivity index (χ2v) is 3.65. The third-order valence-electron chi connectivity index (χ3n) is 1.98. The van der Waals surface area contributed by atoms with E-state index in [1.807, 2.05) is 0 Å². The number of primary amides is 1. The monoisotopic (exact) mass is 256 g/mol. The molecule has 17 heavy (non-hydrogen) atoms. The average molecular weight is 257 g/mol. The smallest absolute Gasteiger partial charge is 0.325 e. The quantitative estimate of drug-likeness (QED) is 0.781. The fraction of sp³-hybridized carbons (Fsp3) is 0.273. The Labute approximate surface area is 104 Å². The van der Waals surface area contributed by atoms with Crippen LogP contribution in [0.1, 0.15) is 17.3 Å². The number of anilines is 1. The Balaban J connectivity index is 2.78. The Bertz CT molecular complexity index is 435. The van der Waals surface area contributed by atoms with Crippen LogP contribution in [0.3, 0.4) is 0 Å². The fourth-order valence-electron chi connectivity index (χ4n) is 1.26. The third kappa shape index (κ3) is 3.96. The zero-order valence-corrected chi connectivity index (χ0v) is 10.1. The van der Waals surface area contributed by atoms with E-state index in [-0.39, 0.29) is 12.1 Å². The van der Waals surface area contributed by atoms with Gasteiger partial charge in [0.2, 0.25) is 0 Å². The Morgan fingerprint density at radius 1 is 1.47 bits per heavy atom. The molecule has 0 aliphatic carbocycles. The highest BCUT2D eigenvalue weighted by Gasteiger charge is 2.10. The maximum Gasteiger partial charge on any atom is 0.325 e. The van der Waals surface area contributed by atoms with Crippen molar-refractivity contribution >= 4 is 29.2 Å². The van der Waals surface area contributed by atoms with Crippen LogP contribution in [0.4, 0.5) is 5.69 Å². The van der Waals surface area contributed by atoms with Crippen LogP contribution < -0.4 is 11.1 Å². The second-order valence-electron chi connectivity index (χ2n) is 3.21. The van der Waals surface area contributed by atoms with E-state index in [1.54, 1.807) is 13.0 Å². The van der Waals surface area contributed by atoms with Crippen molar-refractivity contribution in [3.8, 4) is 0 Å². The number of benzene rings is 1. The number of hydrogen-bond donors (Lipinski definition) is 2. The van der Waals surface area contributed by atoms with E-state index in [2.05, 4.69) is 5.32 Å². The van der Waals surface area contributed by atoms with Gasteiger partial charge in [-0.2, -0.15) is 0 Å². The highest BCUT2D eigenvalue weighted by molar-refractivity contribution is 6.31. The molecule has 0 aliphatic rings. The lowest BCUT2D eigenvalue weighted by Crippen LogP contribution is -2.20. The van der Waals surface area contributed by atoms with Gasteiger partial charge in [0.15, 0.2) is 0 Å². The molecule has 0 fully saturated rings. The van der Waals surface area contributed by atoms with Crippen molar-refractivity contribution in [2.24, 2.45) is 5.73 Å². The molecule has 6 heteroatoms. The number of esters is 1. The summed E-state index contributed by atoms with van der Waals surface area (Å²) in [6.45, 7) is 1.97. The van der Waals surface area contributed by atoms with Crippen LogP contribution in [0.15, 0.2) is 18.2 Å². The van der Waals surface area contributed by atoms with E-state index in [0.29, 0.717) is 17.3 Å². The molecule has 1 aromatic rings. The van der Waals surface area contributed by atoms with Gasteiger partial charge < -0.3 is 15.8 Å². The molecule has 0 aliphatic heterocycles. The standard InChI is InChI=1S/C11H13ClN2O3/c1-2-17-10(15)6-14-9-5-7(12)3-4-8(9)11(13)16/h3-5,14H,2,6H2,1H3,(H2,13,16). The minimum atomic E-state index is -0.590. The number of carbonyl (C=O) groups is 2. The van der Waals surface area contributed by atoms with Crippen LogP contribution in [-0.4, -0.2) is 25.0 Å². The predicted octanol–water partition coefficient (Wildman–Crippen LogP) is 1.41. The summed E-state index contributed by atoms with van der Waals surface area (Å²) < 4.78 is 4.74. The van der Waals surface area contributed by atoms with Crippen LogP contribution in [-0.2, 0) is 9.53 Å². The molecule has 0 radical (unpaired) electrons. The van der Waals surface area contributed by atoms with Crippen LogP contribution in [0.5, 0.6) is 0 Å². The minimum absolute atomic E-state index is 0.0472. The number of carbonyl (C=O) groups excluding carboxylic acids is 2. The molecule has 0 unspecified atom stereocenters. The lowest BCUT2D eigenvalue weighted by Gasteiger charge is -2.09. The van der Waals surface area contributed by atoms with Crippen LogP contribution in [0.25, 0.3) is 0 Å². The van der Waals surface area contributed by atoms with Crippen molar-refractivity contribution in [3.63, 3.8) is 0 Å². The van der Waals surface area contributed by atoms with Crippen LogP contribution in [0, 0.1) is 0 Å². The van der Waals surface area contributed by atoms with E-state index in [1.165, 1.54) is 12.1 Å². The number of amides is 1. The highest BCUT2D eigenvalue weighted by atomic mass is 35.5. The fourth-order valence-corrected chi connectivity index (χ4v) is 1.43. The topological polar surface area (TPSA) is 81.4 Å². The first-order valence-corrected chi connectivity index (χ1v) is 5.41. The van der Waals surface area contributed by atoms with Gasteiger partial charge in [0.1, 0.15) is 6.54 Å². The van der Waals surface area contributed by atoms with Crippen molar-refractivity contribution < 1.29 is 14.3 Å². The van der Waals surface area contributed by atoms with Gasteiger partial charge in [-0.1, -0.05) is 11.6 Å². The van der Waals surface area contributed by atoms with E-state index in [0.717, 1.165) is 0 Å². The summed E-state index contributed by atoms with van der Waals surface area (Å²) in [6, 6.07) is 4.58. The summed E-state index contributed by atoms with van der Waals surface area (Å²) in [5.74, 6) is -1.00. The molecule has 0 aromatic heterocycles. The molecule has 0 heterocycles. The summed E-state index contributed by atoms with van der Waals surface area (Å²) >= 11 is 5.79. The van der Waals surface area contributed by atoms with Crippen molar-refractivity contribution in [2.45, 2.75) is 6.92 Å². The minimum Gasteiger partial charge on any atom is -0.465 e. The molecule has 1 aromatic carbocycles. The molecule has 1 amide bonds. The molecule has 5 nitrogen and oxygen atoms in total. The Kier molecular flexibility index (Phi) is 4.78. The normalized spacial score (nSPS) is 9.76. The van der Waals surface area contributed by atoms with Crippen LogP contribution >= 0.6 is 11.6 Å². The van der Waals surface area contributed by atoms with Crippen molar-refractivity contribution in [1.82, 2.24) is 0 Å². The summed E-state index contributed by atoms with van der Waals surface area (Å²) in [6.07, 6.45) is 0. The number of nitrogens with one attached hydrogen (secondary N) is 1. The lowest BCUT2D eigenvalue weighted by molar-refractivity contribution is -0.140. The Hall–Kier alpha value is -1.75. The summed E-state index contributed by atoms with van der Waals surface area (Å²) in [7, 11) is 0. The molecule has 0 saturated carbocycles. The maximum atomic E-state index is 11.1. The molecule has 0 atom stereocenters. The molecule has 3 N–H and O–H groups in total. The molecule has 0 spiro atoms. The summed E-state index contributed by atoms with van der Waals surface area (Å²) in [5.41, 5.74) is 5.88. The molecule has 0 saturated heterocycles. The largest absolute Gasteiger partial charge is 0.465 e. The van der Waals surface area contributed by atoms with Gasteiger partial charge in [-0.05, 0) is 25.1 Å². The highest BCUT2D eigenvalue weighted by Crippen LogP contribution is 2.20. The number of ether oxygens (including phenoxy) is 1. The molecule has 1 rings (SSSR count). The lowest BCUT2D eigenvalue weighted by atomic mass is 10.1. The first kappa shape index (κ1) is 13.3. The van der Waals surface area contributed by atoms with Gasteiger partial charge in [0, 0.05) is 10.7 Å². The van der Waals surface area contributed by atoms with Crippen molar-refractivity contribution in [2.75, 3.05) is 18.5 Å². The van der Waals surface area contributed by atoms with E-state index in [9.17, 15) is 9.59 Å². The molecule has 92 valence electrons. The van der Waals surface area contributed by atoms with E-state index in [4.69, 9.17) is 22.1 Å². The SMILES string of the molecule is CCOC(=O)CNc1cc(Cl)ccc1C(N)=O. The van der Waals surface area contributed by atoms with E-state index >= 15 is 0 Å². The zero-order chi connectivity index (χ0) is 12.8. The zero-order valence-electron chi connectivity index (χ0n) is 9.33. The van der Waals surface area contributed by atoms with Gasteiger partial charge in [-0.3, -0.25) is 9.59 Å². The van der Waals surface area contributed by atoms with E-state index < -0.39 is 11.9 Å². The van der Waals surface area contributed by atoms with Crippen molar-refractivity contribution in [3.05, 3.63) is 28.8 Å². The Morgan fingerprint density at radius 3 is 2.76 bits per heavy atom. The summed E-state index contributed by atoms with van der Waals surface area (Å²) in [4.78, 5) is 22.3. The first-order chi connectivity index (χ1) is 8.04. The number of halogens is 1. The van der Waals surface area contributed by atoms with Crippen LogP contribution in [0.2, 0.25) is 5.02 Å². The number of nitrogens with two attached hydrogens (primary N) is 1. The van der Waals surface area contributed by atoms with Gasteiger partial charge in [0.05, 0.1) is 12.2 Å². The predicted molar refractivity (Wildman–Crippen MR) is 65.1 cm³/mol. The molecule has 0 bridgehead atoms. The maximum absolute atomic E-state index is 11.1. The van der Waals surface area contributed by atoms with Gasteiger partial charge >= 0.3 is 5.97 Å². The molecular formula is C11H13ClN2O3. The van der Waals surface area contributed by atoms with Gasteiger partial charge in [-0.15, -0.1) is 0 Å². The summed E-state index contributed by atoms with van der Waals surface area (Å²) in [5, 5.41) is 3.21. The number of hydrogen-bond acceptors (Lipinski definition) is 4. The van der Waals surface area contributed by atoms with Gasteiger partial charge in [-0.25, -0.2) is 0 Å². The van der Waals surface area contributed by atoms with Crippen molar-refractivity contribution in [1.29, 1.82) is 0 Å².